The van der Waals surface area contributed by atoms with Gasteiger partial charge in [-0.05, 0) is 55.3 Å². The van der Waals surface area contributed by atoms with Crippen molar-refractivity contribution in [1.82, 2.24) is 5.32 Å². The predicted octanol–water partition coefficient (Wildman–Crippen LogP) is 2.47. The first kappa shape index (κ1) is 20.0. The standard InChI is InChI=1S/C20H22N2O5/c1-2-27-17-10-6-15(7-11-17)20(26)21-13-18(23)22-16-8-3-14(4-9-16)5-12-19(24)25/h3-4,6-11H,2,5,12-13H2,1H3,(H,21,26)(H,22,23)(H,24,25). The number of amides is 2. The summed E-state index contributed by atoms with van der Waals surface area (Å²) in [4.78, 5) is 34.6. The van der Waals surface area contributed by atoms with E-state index in [0.717, 1.165) is 5.56 Å². The topological polar surface area (TPSA) is 105 Å². The maximum Gasteiger partial charge on any atom is 0.303 e. The molecule has 0 aliphatic carbocycles. The third-order valence-electron chi connectivity index (χ3n) is 3.70. The molecule has 3 N–H and O–H groups in total. The molecule has 0 saturated carbocycles. The second kappa shape index (κ2) is 9.96. The number of carbonyl (C=O) groups excluding carboxylic acids is 2. The van der Waals surface area contributed by atoms with Gasteiger partial charge in [0.1, 0.15) is 5.75 Å². The van der Waals surface area contributed by atoms with Crippen molar-refractivity contribution in [1.29, 1.82) is 0 Å². The van der Waals surface area contributed by atoms with E-state index in [2.05, 4.69) is 10.6 Å². The fourth-order valence-electron chi connectivity index (χ4n) is 2.34. The quantitative estimate of drug-likeness (QED) is 0.629. The van der Waals surface area contributed by atoms with E-state index in [1.165, 1.54) is 0 Å². The molecule has 27 heavy (non-hydrogen) atoms. The number of anilines is 1. The van der Waals surface area contributed by atoms with Crippen molar-refractivity contribution in [2.45, 2.75) is 19.8 Å². The van der Waals surface area contributed by atoms with Crippen molar-refractivity contribution in [3.05, 3.63) is 59.7 Å². The molecule has 0 atom stereocenters. The number of aryl methyl sites for hydroxylation is 1. The number of carboxylic acids is 1. The molecule has 0 aliphatic rings. The van der Waals surface area contributed by atoms with Crippen LogP contribution in [0.2, 0.25) is 0 Å². The Morgan fingerprint density at radius 1 is 1.00 bits per heavy atom. The molecule has 0 aromatic heterocycles. The number of nitrogens with one attached hydrogen (secondary N) is 2. The number of benzene rings is 2. The molecule has 7 heteroatoms. The van der Waals surface area contributed by atoms with Gasteiger partial charge in [0.15, 0.2) is 0 Å². The Bertz CT molecular complexity index is 785. The molecule has 0 unspecified atom stereocenters. The Balaban J connectivity index is 1.79. The molecular weight excluding hydrogens is 348 g/mol. The van der Waals surface area contributed by atoms with Gasteiger partial charge in [0.2, 0.25) is 5.91 Å². The SMILES string of the molecule is CCOc1ccc(C(=O)NCC(=O)Nc2ccc(CCC(=O)O)cc2)cc1. The second-order valence-corrected chi connectivity index (χ2v) is 5.78. The zero-order valence-electron chi connectivity index (χ0n) is 15.0. The summed E-state index contributed by atoms with van der Waals surface area (Å²) in [5.74, 6) is -0.876. The number of hydrogen-bond acceptors (Lipinski definition) is 4. The van der Waals surface area contributed by atoms with Crippen LogP contribution in [0, 0.1) is 0 Å². The zero-order chi connectivity index (χ0) is 19.6. The summed E-state index contributed by atoms with van der Waals surface area (Å²) in [6.45, 7) is 2.27. The number of aliphatic carboxylic acids is 1. The highest BCUT2D eigenvalue weighted by Gasteiger charge is 2.09. The lowest BCUT2D eigenvalue weighted by Gasteiger charge is -2.08. The molecule has 0 spiro atoms. The Labute approximate surface area is 157 Å². The zero-order valence-corrected chi connectivity index (χ0v) is 15.0. The molecule has 0 aliphatic heterocycles. The van der Waals surface area contributed by atoms with E-state index in [9.17, 15) is 14.4 Å². The lowest BCUT2D eigenvalue weighted by Crippen LogP contribution is -2.32. The van der Waals surface area contributed by atoms with E-state index in [-0.39, 0.29) is 24.8 Å². The third-order valence-corrected chi connectivity index (χ3v) is 3.70. The number of rotatable bonds is 9. The normalized spacial score (nSPS) is 10.1. The Morgan fingerprint density at radius 3 is 2.26 bits per heavy atom. The molecule has 2 rings (SSSR count). The first-order chi connectivity index (χ1) is 13.0. The van der Waals surface area contributed by atoms with Crippen LogP contribution < -0.4 is 15.4 Å². The molecule has 0 fully saturated rings. The summed E-state index contributed by atoms with van der Waals surface area (Å²) in [6.07, 6.45) is 0.491. The first-order valence-electron chi connectivity index (χ1n) is 8.59. The lowest BCUT2D eigenvalue weighted by atomic mass is 10.1. The molecule has 0 heterocycles. The fourth-order valence-corrected chi connectivity index (χ4v) is 2.34. The third kappa shape index (κ3) is 6.81. The summed E-state index contributed by atoms with van der Waals surface area (Å²) in [6, 6.07) is 13.6. The summed E-state index contributed by atoms with van der Waals surface area (Å²) in [5.41, 5.74) is 1.89. The molecule has 2 amide bonds. The largest absolute Gasteiger partial charge is 0.494 e. The van der Waals surface area contributed by atoms with Crippen LogP contribution in [0.25, 0.3) is 0 Å². The van der Waals surface area contributed by atoms with E-state index in [0.29, 0.717) is 30.0 Å². The molecular formula is C20H22N2O5. The van der Waals surface area contributed by atoms with Gasteiger partial charge in [-0.1, -0.05) is 12.1 Å². The van der Waals surface area contributed by atoms with Gasteiger partial charge in [-0.15, -0.1) is 0 Å². The van der Waals surface area contributed by atoms with E-state index in [4.69, 9.17) is 9.84 Å². The molecule has 2 aromatic rings. The number of ether oxygens (including phenoxy) is 1. The minimum Gasteiger partial charge on any atom is -0.494 e. The van der Waals surface area contributed by atoms with Crippen molar-refractivity contribution < 1.29 is 24.2 Å². The molecule has 142 valence electrons. The summed E-state index contributed by atoms with van der Waals surface area (Å²) in [7, 11) is 0. The number of carbonyl (C=O) groups is 3. The van der Waals surface area contributed by atoms with Gasteiger partial charge in [0.05, 0.1) is 13.2 Å². The van der Waals surface area contributed by atoms with Crippen LogP contribution >= 0.6 is 0 Å². The highest BCUT2D eigenvalue weighted by Crippen LogP contribution is 2.12. The van der Waals surface area contributed by atoms with Gasteiger partial charge >= 0.3 is 5.97 Å². The maximum atomic E-state index is 12.1. The van der Waals surface area contributed by atoms with Crippen molar-refractivity contribution in [2.24, 2.45) is 0 Å². The van der Waals surface area contributed by atoms with Crippen LogP contribution in [0.4, 0.5) is 5.69 Å². The second-order valence-electron chi connectivity index (χ2n) is 5.78. The van der Waals surface area contributed by atoms with Crippen molar-refractivity contribution in [2.75, 3.05) is 18.5 Å². The van der Waals surface area contributed by atoms with E-state index in [1.54, 1.807) is 48.5 Å². The summed E-state index contributed by atoms with van der Waals surface area (Å²) in [5, 5.41) is 13.9. The maximum absolute atomic E-state index is 12.1. The van der Waals surface area contributed by atoms with Gasteiger partial charge in [-0.2, -0.15) is 0 Å². The fraction of sp³-hybridized carbons (Fsp3) is 0.250. The molecule has 7 nitrogen and oxygen atoms in total. The highest BCUT2D eigenvalue weighted by atomic mass is 16.5. The van der Waals surface area contributed by atoms with E-state index >= 15 is 0 Å². The first-order valence-corrected chi connectivity index (χ1v) is 8.59. The average Bonchev–Trinajstić information content (AvgIpc) is 2.66. The van der Waals surface area contributed by atoms with Crippen LogP contribution in [0.5, 0.6) is 5.75 Å². The molecule has 2 aromatic carbocycles. The lowest BCUT2D eigenvalue weighted by molar-refractivity contribution is -0.137. The van der Waals surface area contributed by atoms with Crippen LogP contribution in [-0.4, -0.2) is 36.0 Å². The minimum atomic E-state index is -0.851. The van der Waals surface area contributed by atoms with Crippen LogP contribution in [0.1, 0.15) is 29.3 Å². The molecule has 0 bridgehead atoms. The van der Waals surface area contributed by atoms with Crippen LogP contribution in [0.3, 0.4) is 0 Å². The summed E-state index contributed by atoms with van der Waals surface area (Å²) < 4.78 is 5.32. The van der Waals surface area contributed by atoms with Gasteiger partial charge in [0.25, 0.3) is 5.91 Å². The average molecular weight is 370 g/mol. The van der Waals surface area contributed by atoms with Crippen LogP contribution in [-0.2, 0) is 16.0 Å². The van der Waals surface area contributed by atoms with Crippen LogP contribution in [0.15, 0.2) is 48.5 Å². The van der Waals surface area contributed by atoms with E-state index in [1.807, 2.05) is 6.92 Å². The van der Waals surface area contributed by atoms with Crippen molar-refractivity contribution >= 4 is 23.5 Å². The minimum absolute atomic E-state index is 0.0588. The molecule has 0 saturated heterocycles. The van der Waals surface area contributed by atoms with Crippen molar-refractivity contribution in [3.63, 3.8) is 0 Å². The van der Waals surface area contributed by atoms with Gasteiger partial charge in [0, 0.05) is 17.7 Å². The summed E-state index contributed by atoms with van der Waals surface area (Å²) >= 11 is 0. The molecule has 0 radical (unpaired) electrons. The van der Waals surface area contributed by atoms with E-state index < -0.39 is 5.97 Å². The van der Waals surface area contributed by atoms with Crippen molar-refractivity contribution in [3.8, 4) is 5.75 Å². The van der Waals surface area contributed by atoms with Gasteiger partial charge in [-0.25, -0.2) is 0 Å². The Hall–Kier alpha value is -3.35. The Morgan fingerprint density at radius 2 is 1.67 bits per heavy atom. The van der Waals surface area contributed by atoms with Gasteiger partial charge < -0.3 is 20.5 Å². The highest BCUT2D eigenvalue weighted by molar-refractivity contribution is 5.99. The number of carboxylic acid groups (broad SMARTS) is 1. The predicted molar refractivity (Wildman–Crippen MR) is 101 cm³/mol. The Kier molecular flexibility index (Phi) is 7.37. The smallest absolute Gasteiger partial charge is 0.303 e. The number of hydrogen-bond donors (Lipinski definition) is 3. The van der Waals surface area contributed by atoms with Gasteiger partial charge in [-0.3, -0.25) is 14.4 Å². The monoisotopic (exact) mass is 370 g/mol.